The first-order valence-corrected chi connectivity index (χ1v) is 12.1. The number of hydrogen-bond donors (Lipinski definition) is 0. The minimum Gasteiger partial charge on any atom is -0.406 e. The molecule has 3 aliphatic rings. The van der Waals surface area contributed by atoms with Crippen molar-refractivity contribution in [3.8, 4) is 5.75 Å². The summed E-state index contributed by atoms with van der Waals surface area (Å²) in [6.07, 6.45) is 8.96. The molecule has 1 aromatic carbocycles. The smallest absolute Gasteiger partial charge is 0.406 e. The maximum absolute atomic E-state index is 12.4. The largest absolute Gasteiger partial charge is 0.573 e. The molecule has 0 amide bonds. The molecular formula is C26H37F3O. The van der Waals surface area contributed by atoms with Crippen LogP contribution in [0.4, 0.5) is 13.2 Å². The molecule has 3 fully saturated rings. The molecule has 0 spiro atoms. The van der Waals surface area contributed by atoms with E-state index in [-0.39, 0.29) is 5.75 Å². The molecule has 0 heterocycles. The summed E-state index contributed by atoms with van der Waals surface area (Å²) in [6, 6.07) is 6.57. The van der Waals surface area contributed by atoms with E-state index >= 15 is 0 Å². The zero-order valence-electron chi connectivity index (χ0n) is 18.5. The van der Waals surface area contributed by atoms with Crippen LogP contribution in [-0.2, 0) is 0 Å². The highest BCUT2D eigenvalue weighted by molar-refractivity contribution is 5.29. The second-order valence-electron chi connectivity index (χ2n) is 10.6. The predicted octanol–water partition coefficient (Wildman–Crippen LogP) is 8.35. The molecule has 0 unspecified atom stereocenters. The summed E-state index contributed by atoms with van der Waals surface area (Å²) in [5.41, 5.74) is 1.17. The van der Waals surface area contributed by atoms with Crippen molar-refractivity contribution in [1.82, 2.24) is 0 Å². The molecule has 0 aliphatic heterocycles. The highest BCUT2D eigenvalue weighted by atomic mass is 19.4. The van der Waals surface area contributed by atoms with E-state index in [0.717, 1.165) is 35.5 Å². The van der Waals surface area contributed by atoms with Crippen molar-refractivity contribution >= 4 is 0 Å². The second kappa shape index (κ2) is 9.12. The summed E-state index contributed by atoms with van der Waals surface area (Å²) in [4.78, 5) is 0. The maximum Gasteiger partial charge on any atom is 0.573 e. The topological polar surface area (TPSA) is 9.23 Å². The number of fused-ring (bicyclic) bond motifs is 1. The first-order chi connectivity index (χ1) is 14.3. The third-order valence-corrected chi connectivity index (χ3v) is 8.66. The van der Waals surface area contributed by atoms with Crippen molar-refractivity contribution in [3.63, 3.8) is 0 Å². The van der Waals surface area contributed by atoms with Gasteiger partial charge in [-0.05, 0) is 123 Å². The fourth-order valence-corrected chi connectivity index (χ4v) is 6.86. The first kappa shape index (κ1) is 22.0. The molecule has 4 atom stereocenters. The van der Waals surface area contributed by atoms with Gasteiger partial charge in [0.15, 0.2) is 0 Å². The number of halogens is 3. The average molecular weight is 423 g/mol. The van der Waals surface area contributed by atoms with Crippen LogP contribution in [0.15, 0.2) is 24.3 Å². The van der Waals surface area contributed by atoms with Gasteiger partial charge in [0, 0.05) is 0 Å². The molecule has 0 aromatic heterocycles. The van der Waals surface area contributed by atoms with Gasteiger partial charge in [0.05, 0.1) is 0 Å². The van der Waals surface area contributed by atoms with Crippen LogP contribution in [-0.4, -0.2) is 6.36 Å². The number of ether oxygens (including phenoxy) is 1. The zero-order chi connectivity index (χ0) is 21.3. The number of benzene rings is 1. The first-order valence-electron chi connectivity index (χ1n) is 12.1. The van der Waals surface area contributed by atoms with E-state index in [2.05, 4.69) is 18.6 Å². The van der Waals surface area contributed by atoms with E-state index in [1.165, 1.54) is 81.9 Å². The lowest BCUT2D eigenvalue weighted by atomic mass is 9.60. The lowest BCUT2D eigenvalue weighted by Crippen LogP contribution is -2.35. The lowest BCUT2D eigenvalue weighted by molar-refractivity contribution is -0.274. The van der Waals surface area contributed by atoms with Gasteiger partial charge in [0.2, 0.25) is 0 Å². The highest BCUT2D eigenvalue weighted by Crippen LogP contribution is 2.50. The summed E-state index contributed by atoms with van der Waals surface area (Å²) in [6.45, 7) is 4.79. The van der Waals surface area contributed by atoms with Crippen LogP contribution in [0, 0.1) is 35.5 Å². The number of alkyl halides is 3. The maximum atomic E-state index is 12.4. The number of hydrogen-bond acceptors (Lipinski definition) is 1. The highest BCUT2D eigenvalue weighted by Gasteiger charge is 2.39. The van der Waals surface area contributed by atoms with Gasteiger partial charge >= 0.3 is 6.36 Å². The van der Waals surface area contributed by atoms with Crippen molar-refractivity contribution in [2.24, 2.45) is 35.5 Å². The van der Waals surface area contributed by atoms with Crippen LogP contribution >= 0.6 is 0 Å². The minimum atomic E-state index is -4.62. The van der Waals surface area contributed by atoms with Crippen LogP contribution in [0.3, 0.4) is 0 Å². The summed E-state index contributed by atoms with van der Waals surface area (Å²) in [7, 11) is 0. The Balaban J connectivity index is 1.26. The fourth-order valence-electron chi connectivity index (χ4n) is 6.86. The Morgan fingerprint density at radius 1 is 0.733 bits per heavy atom. The Hall–Kier alpha value is -1.19. The molecular weight excluding hydrogens is 385 g/mol. The Morgan fingerprint density at radius 3 is 1.87 bits per heavy atom. The fraction of sp³-hybridized carbons (Fsp3) is 0.769. The molecule has 168 valence electrons. The zero-order valence-corrected chi connectivity index (χ0v) is 18.5. The quantitative estimate of drug-likeness (QED) is 0.474. The van der Waals surface area contributed by atoms with E-state index in [1.807, 2.05) is 12.1 Å². The molecule has 0 bridgehead atoms. The van der Waals surface area contributed by atoms with E-state index in [9.17, 15) is 13.2 Å². The molecule has 30 heavy (non-hydrogen) atoms. The summed E-state index contributed by atoms with van der Waals surface area (Å²) in [5.74, 6) is 5.87. The molecule has 0 saturated heterocycles. The van der Waals surface area contributed by atoms with Crippen LogP contribution in [0.5, 0.6) is 5.75 Å². The van der Waals surface area contributed by atoms with Crippen LogP contribution in [0.2, 0.25) is 0 Å². The molecule has 0 radical (unpaired) electrons. The standard InChI is InChI=1S/C26H37F3O/c1-17(2)21-7-8-24-16-22(9-10-23(24)15-21)20-5-3-18(4-6-20)19-11-13-25(14-12-19)30-26(27,28)29/h11-14,17-18,20-24H,3-10,15-16H2,1-2H3/t18?,20?,21-,22+,23-,24+/m0/s1. The molecule has 3 saturated carbocycles. The minimum absolute atomic E-state index is 0.121. The van der Waals surface area contributed by atoms with Gasteiger partial charge in [-0.15, -0.1) is 13.2 Å². The van der Waals surface area contributed by atoms with Crippen molar-refractivity contribution in [2.45, 2.75) is 90.3 Å². The molecule has 3 aliphatic carbocycles. The second-order valence-corrected chi connectivity index (χ2v) is 10.6. The van der Waals surface area contributed by atoms with E-state index in [1.54, 1.807) is 0 Å². The lowest BCUT2D eigenvalue weighted by Gasteiger charge is -2.46. The Labute approximate surface area is 179 Å². The molecule has 4 heteroatoms. The molecule has 1 nitrogen and oxygen atoms in total. The SMILES string of the molecule is CC(C)[C@H]1CC[C@@H]2C[C@H](C3CCC(c4ccc(OC(F)(F)F)cc4)CC3)CC[C@H]2C1. The third-order valence-electron chi connectivity index (χ3n) is 8.66. The van der Waals surface area contributed by atoms with Gasteiger partial charge in [-0.25, -0.2) is 0 Å². The van der Waals surface area contributed by atoms with Gasteiger partial charge in [-0.2, -0.15) is 0 Å². The van der Waals surface area contributed by atoms with E-state index in [4.69, 9.17) is 0 Å². The van der Waals surface area contributed by atoms with Gasteiger partial charge in [0.1, 0.15) is 5.75 Å². The average Bonchev–Trinajstić information content (AvgIpc) is 2.72. The van der Waals surface area contributed by atoms with Crippen molar-refractivity contribution in [2.75, 3.05) is 0 Å². The van der Waals surface area contributed by atoms with Gasteiger partial charge in [-0.3, -0.25) is 0 Å². The van der Waals surface area contributed by atoms with Crippen LogP contribution in [0.1, 0.15) is 89.5 Å². The third kappa shape index (κ3) is 5.34. The number of rotatable bonds is 4. The predicted molar refractivity (Wildman–Crippen MR) is 114 cm³/mol. The van der Waals surface area contributed by atoms with Crippen molar-refractivity contribution in [1.29, 1.82) is 0 Å². The van der Waals surface area contributed by atoms with E-state index in [0.29, 0.717) is 5.92 Å². The monoisotopic (exact) mass is 422 g/mol. The van der Waals surface area contributed by atoms with Gasteiger partial charge in [0.25, 0.3) is 0 Å². The van der Waals surface area contributed by atoms with Gasteiger partial charge < -0.3 is 4.74 Å². The van der Waals surface area contributed by atoms with Crippen molar-refractivity contribution in [3.05, 3.63) is 29.8 Å². The molecule has 1 aromatic rings. The van der Waals surface area contributed by atoms with Crippen molar-refractivity contribution < 1.29 is 17.9 Å². The van der Waals surface area contributed by atoms with Crippen LogP contribution < -0.4 is 4.74 Å². The van der Waals surface area contributed by atoms with Gasteiger partial charge in [-0.1, -0.05) is 26.0 Å². The van der Waals surface area contributed by atoms with Crippen LogP contribution in [0.25, 0.3) is 0 Å². The molecule has 4 rings (SSSR count). The summed E-state index contributed by atoms with van der Waals surface area (Å²) >= 11 is 0. The Bertz CT molecular complexity index is 673. The summed E-state index contributed by atoms with van der Waals surface area (Å²) in [5, 5.41) is 0. The summed E-state index contributed by atoms with van der Waals surface area (Å²) < 4.78 is 41.1. The Kier molecular flexibility index (Phi) is 6.70. The Morgan fingerprint density at radius 2 is 1.27 bits per heavy atom. The molecule has 0 N–H and O–H groups in total. The normalized spacial score (nSPS) is 35.1. The van der Waals surface area contributed by atoms with E-state index < -0.39 is 6.36 Å².